The first-order valence-corrected chi connectivity index (χ1v) is 13.6. The Bertz CT molecular complexity index is 1250. The molecule has 0 saturated heterocycles. The smallest absolute Gasteiger partial charge is 0.407 e. The Kier molecular flexibility index (Phi) is 8.40. The van der Waals surface area contributed by atoms with E-state index in [0.717, 1.165) is 16.7 Å². The van der Waals surface area contributed by atoms with Crippen molar-refractivity contribution in [2.75, 3.05) is 19.7 Å². The molecule has 0 radical (unpaired) electrons. The quantitative estimate of drug-likeness (QED) is 0.483. The molecule has 0 aliphatic carbocycles. The highest BCUT2D eigenvalue weighted by molar-refractivity contribution is 7.89. The van der Waals surface area contributed by atoms with Crippen molar-refractivity contribution >= 4 is 16.1 Å². The summed E-state index contributed by atoms with van der Waals surface area (Å²) in [4.78, 5) is 12.5. The molecular weight excluding hydrogens is 476 g/mol. The van der Waals surface area contributed by atoms with E-state index in [0.29, 0.717) is 12.8 Å². The number of sulfonamides is 1. The number of carbonyl (C=O) groups is 1. The van der Waals surface area contributed by atoms with E-state index in [4.69, 9.17) is 4.74 Å². The number of carbonyl (C=O) groups excluding carboxylic acids is 1. The normalized spacial score (nSPS) is 18.9. The van der Waals surface area contributed by atoms with Crippen LogP contribution in [0.1, 0.15) is 29.5 Å². The number of hydrogen-bond acceptors (Lipinski definition) is 5. The third-order valence-corrected chi connectivity index (χ3v) is 8.42. The van der Waals surface area contributed by atoms with E-state index in [1.807, 2.05) is 72.8 Å². The van der Waals surface area contributed by atoms with Gasteiger partial charge in [0.2, 0.25) is 10.0 Å². The van der Waals surface area contributed by atoms with Crippen LogP contribution in [0.3, 0.4) is 0 Å². The number of hydrogen-bond donors (Lipinski definition) is 2. The van der Waals surface area contributed by atoms with Crippen LogP contribution in [0.2, 0.25) is 0 Å². The lowest BCUT2D eigenvalue weighted by Gasteiger charge is -2.30. The maximum absolute atomic E-state index is 13.7. The Morgan fingerprint density at radius 3 is 2.36 bits per heavy atom. The second-order valence-corrected chi connectivity index (χ2v) is 10.9. The lowest BCUT2D eigenvalue weighted by molar-refractivity contribution is 0.0917. The molecule has 3 aromatic rings. The van der Waals surface area contributed by atoms with E-state index in [1.165, 1.54) is 4.31 Å². The SMILES string of the molecule is CCOC(=O)N[C@@H](Cc1ccccc1)[C@H](O)CN1C[C@@H](c2ccccc2)Cc2ccccc2S1(=O)=O. The molecule has 1 aliphatic heterocycles. The van der Waals surface area contributed by atoms with E-state index in [2.05, 4.69) is 5.32 Å². The Morgan fingerprint density at radius 2 is 1.67 bits per heavy atom. The molecule has 1 heterocycles. The van der Waals surface area contributed by atoms with Gasteiger partial charge in [0, 0.05) is 19.0 Å². The minimum absolute atomic E-state index is 0.0811. The summed E-state index contributed by atoms with van der Waals surface area (Å²) in [6.45, 7) is 1.95. The maximum atomic E-state index is 13.7. The summed E-state index contributed by atoms with van der Waals surface area (Å²) in [6, 6.07) is 25.6. The number of nitrogens with zero attached hydrogens (tertiary/aromatic N) is 1. The molecular formula is C28H32N2O5S. The number of benzene rings is 3. The average Bonchev–Trinajstić information content (AvgIpc) is 2.99. The summed E-state index contributed by atoms with van der Waals surface area (Å²) in [7, 11) is -3.87. The molecule has 3 aromatic carbocycles. The summed E-state index contributed by atoms with van der Waals surface area (Å²) in [5.74, 6) is -0.0811. The first kappa shape index (κ1) is 25.9. The van der Waals surface area contributed by atoms with Crippen molar-refractivity contribution in [2.45, 2.75) is 42.7 Å². The monoisotopic (exact) mass is 508 g/mol. The molecule has 0 bridgehead atoms. The predicted octanol–water partition coefficient (Wildman–Crippen LogP) is 3.74. The first-order valence-electron chi connectivity index (χ1n) is 12.2. The molecule has 0 spiro atoms. The molecule has 4 rings (SSSR count). The van der Waals surface area contributed by atoms with Gasteiger partial charge in [0.25, 0.3) is 0 Å². The molecule has 0 saturated carbocycles. The van der Waals surface area contributed by atoms with Gasteiger partial charge in [-0.3, -0.25) is 0 Å². The molecule has 190 valence electrons. The van der Waals surface area contributed by atoms with Crippen LogP contribution >= 0.6 is 0 Å². The van der Waals surface area contributed by atoms with Gasteiger partial charge in [-0.05, 0) is 42.5 Å². The summed E-state index contributed by atoms with van der Waals surface area (Å²) < 4.78 is 33.9. The van der Waals surface area contributed by atoms with Crippen molar-refractivity contribution in [1.82, 2.24) is 9.62 Å². The molecule has 36 heavy (non-hydrogen) atoms. The lowest BCUT2D eigenvalue weighted by Crippen LogP contribution is -2.51. The second-order valence-electron chi connectivity index (χ2n) is 8.97. The minimum atomic E-state index is -3.87. The predicted molar refractivity (Wildman–Crippen MR) is 138 cm³/mol. The van der Waals surface area contributed by atoms with E-state index in [-0.39, 0.29) is 30.5 Å². The third-order valence-electron chi connectivity index (χ3n) is 6.48. The van der Waals surface area contributed by atoms with Gasteiger partial charge in [0.05, 0.1) is 23.6 Å². The Hall–Kier alpha value is -3.20. The summed E-state index contributed by atoms with van der Waals surface area (Å²) in [5.41, 5.74) is 2.70. The second kappa shape index (κ2) is 11.7. The van der Waals surface area contributed by atoms with Gasteiger partial charge in [-0.2, -0.15) is 4.31 Å². The van der Waals surface area contributed by atoms with Crippen LogP contribution < -0.4 is 5.32 Å². The largest absolute Gasteiger partial charge is 0.450 e. The van der Waals surface area contributed by atoms with Crippen molar-refractivity contribution in [3.05, 3.63) is 102 Å². The fourth-order valence-corrected chi connectivity index (χ4v) is 6.41. The Morgan fingerprint density at radius 1 is 1.03 bits per heavy atom. The maximum Gasteiger partial charge on any atom is 0.407 e. The zero-order chi connectivity index (χ0) is 25.5. The minimum Gasteiger partial charge on any atom is -0.450 e. The van der Waals surface area contributed by atoms with Crippen LogP contribution in [0, 0.1) is 0 Å². The molecule has 0 unspecified atom stereocenters. The number of aliphatic hydroxyl groups is 1. The average molecular weight is 509 g/mol. The lowest BCUT2D eigenvalue weighted by atomic mass is 9.91. The number of fused-ring (bicyclic) bond motifs is 1. The molecule has 0 aromatic heterocycles. The van der Waals surface area contributed by atoms with E-state index >= 15 is 0 Å². The number of alkyl carbamates (subject to hydrolysis) is 1. The number of β-amino-alcohol motifs (C(OH)–C–C–N with tert-alkyl or cyclic N) is 1. The molecule has 2 N–H and O–H groups in total. The molecule has 1 aliphatic rings. The zero-order valence-corrected chi connectivity index (χ0v) is 21.1. The fraction of sp³-hybridized carbons (Fsp3) is 0.321. The topological polar surface area (TPSA) is 95.9 Å². The molecule has 3 atom stereocenters. The summed E-state index contributed by atoms with van der Waals surface area (Å²) >= 11 is 0. The van der Waals surface area contributed by atoms with E-state index in [9.17, 15) is 18.3 Å². The van der Waals surface area contributed by atoms with Gasteiger partial charge in [-0.15, -0.1) is 0 Å². The Labute approximate surface area is 212 Å². The van der Waals surface area contributed by atoms with E-state index < -0.39 is 28.3 Å². The van der Waals surface area contributed by atoms with Crippen LogP contribution in [0.5, 0.6) is 0 Å². The van der Waals surface area contributed by atoms with Gasteiger partial charge in [-0.25, -0.2) is 13.2 Å². The van der Waals surface area contributed by atoms with Crippen molar-refractivity contribution in [1.29, 1.82) is 0 Å². The highest BCUT2D eigenvalue weighted by Gasteiger charge is 2.36. The number of ether oxygens (including phenoxy) is 1. The van der Waals surface area contributed by atoms with Gasteiger partial charge < -0.3 is 15.2 Å². The number of rotatable bonds is 8. The highest BCUT2D eigenvalue weighted by Crippen LogP contribution is 2.33. The van der Waals surface area contributed by atoms with Crippen LogP contribution in [0.4, 0.5) is 4.79 Å². The van der Waals surface area contributed by atoms with Gasteiger partial charge in [0.1, 0.15) is 0 Å². The van der Waals surface area contributed by atoms with Crippen molar-refractivity contribution < 1.29 is 23.1 Å². The van der Waals surface area contributed by atoms with Crippen molar-refractivity contribution in [3.63, 3.8) is 0 Å². The van der Waals surface area contributed by atoms with Crippen LogP contribution in [0.25, 0.3) is 0 Å². The van der Waals surface area contributed by atoms with Gasteiger partial charge >= 0.3 is 6.09 Å². The number of nitrogens with one attached hydrogen (secondary N) is 1. The molecule has 1 amide bonds. The standard InChI is InChI=1S/C28H32N2O5S/c1-2-35-28(32)29-25(17-21-11-5-3-6-12-21)26(31)20-30-19-24(22-13-7-4-8-14-22)18-23-15-9-10-16-27(23)36(30,33)34/h3-16,24-26,31H,2,17-20H2,1H3,(H,29,32)/t24-,25-,26+/m0/s1. The van der Waals surface area contributed by atoms with Gasteiger partial charge in [-0.1, -0.05) is 78.9 Å². The van der Waals surface area contributed by atoms with Gasteiger partial charge in [0.15, 0.2) is 0 Å². The van der Waals surface area contributed by atoms with Crippen LogP contribution in [-0.4, -0.2) is 55.8 Å². The summed E-state index contributed by atoms with van der Waals surface area (Å²) in [5, 5.41) is 14.0. The van der Waals surface area contributed by atoms with Crippen molar-refractivity contribution in [2.24, 2.45) is 0 Å². The van der Waals surface area contributed by atoms with Crippen LogP contribution in [0.15, 0.2) is 89.8 Å². The molecule has 0 fully saturated rings. The summed E-state index contributed by atoms with van der Waals surface area (Å²) in [6.07, 6.45) is -0.914. The molecule has 8 heteroatoms. The van der Waals surface area contributed by atoms with Crippen molar-refractivity contribution in [3.8, 4) is 0 Å². The molecule has 7 nitrogen and oxygen atoms in total. The number of amides is 1. The fourth-order valence-electron chi connectivity index (χ4n) is 4.67. The zero-order valence-electron chi connectivity index (χ0n) is 20.3. The number of aliphatic hydroxyl groups excluding tert-OH is 1. The van der Waals surface area contributed by atoms with E-state index in [1.54, 1.807) is 19.1 Å². The Balaban J connectivity index is 1.64. The van der Waals surface area contributed by atoms with Crippen LogP contribution in [-0.2, 0) is 27.6 Å². The third kappa shape index (κ3) is 6.13. The first-order chi connectivity index (χ1) is 17.4. The highest BCUT2D eigenvalue weighted by atomic mass is 32.2.